The second kappa shape index (κ2) is 5.26. The van der Waals surface area contributed by atoms with Crippen molar-refractivity contribution in [1.82, 2.24) is 4.98 Å². The van der Waals surface area contributed by atoms with Gasteiger partial charge >= 0.3 is 6.18 Å². The topological polar surface area (TPSA) is 33.1 Å². The normalized spacial score (nSPS) is 12.2. The lowest BCUT2D eigenvalue weighted by Crippen LogP contribution is -2.13. The highest BCUT2D eigenvalue weighted by atomic mass is 79.9. The van der Waals surface area contributed by atoms with Crippen molar-refractivity contribution in [2.24, 2.45) is 0 Å². The zero-order valence-electron chi connectivity index (χ0n) is 8.23. The van der Waals surface area contributed by atoms with Gasteiger partial charge in [0.2, 0.25) is 0 Å². The van der Waals surface area contributed by atoms with Crippen molar-refractivity contribution in [3.8, 4) is 0 Å². The minimum atomic E-state index is -4.73. The first kappa shape index (κ1) is 14.3. The van der Waals surface area contributed by atoms with Gasteiger partial charge in [0.1, 0.15) is 5.69 Å². The SMILES string of the molecule is OCc1nc(C(F)(F)F)cc(CBr)c1C(F)F. The fraction of sp³-hybridized carbons (Fsp3) is 0.444. The lowest BCUT2D eigenvalue weighted by molar-refractivity contribution is -0.141. The summed E-state index contributed by atoms with van der Waals surface area (Å²) in [7, 11) is 0. The Morgan fingerprint density at radius 1 is 1.35 bits per heavy atom. The quantitative estimate of drug-likeness (QED) is 0.684. The van der Waals surface area contributed by atoms with E-state index in [1.165, 1.54) is 0 Å². The fourth-order valence-corrected chi connectivity index (χ4v) is 1.77. The van der Waals surface area contributed by atoms with Crippen LogP contribution in [0.1, 0.15) is 28.9 Å². The molecule has 0 saturated heterocycles. The van der Waals surface area contributed by atoms with E-state index in [1.807, 2.05) is 0 Å². The number of aromatic nitrogens is 1. The fourth-order valence-electron chi connectivity index (χ4n) is 1.31. The number of alkyl halides is 6. The maximum Gasteiger partial charge on any atom is 0.433 e. The van der Waals surface area contributed by atoms with Crippen molar-refractivity contribution in [2.45, 2.75) is 24.5 Å². The van der Waals surface area contributed by atoms with Crippen LogP contribution in [-0.2, 0) is 18.1 Å². The van der Waals surface area contributed by atoms with Gasteiger partial charge in [-0.1, -0.05) is 15.9 Å². The van der Waals surface area contributed by atoms with Crippen LogP contribution >= 0.6 is 15.9 Å². The predicted molar refractivity (Wildman–Crippen MR) is 52.7 cm³/mol. The van der Waals surface area contributed by atoms with Gasteiger partial charge in [0, 0.05) is 10.9 Å². The van der Waals surface area contributed by atoms with Gasteiger partial charge in [-0.2, -0.15) is 13.2 Å². The molecule has 0 radical (unpaired) electrons. The molecule has 1 heterocycles. The molecule has 0 aliphatic carbocycles. The van der Waals surface area contributed by atoms with E-state index in [2.05, 4.69) is 20.9 Å². The lowest BCUT2D eigenvalue weighted by atomic mass is 10.1. The van der Waals surface area contributed by atoms with Gasteiger partial charge < -0.3 is 5.11 Å². The molecule has 0 spiro atoms. The molecule has 0 atom stereocenters. The van der Waals surface area contributed by atoms with E-state index in [1.54, 1.807) is 0 Å². The molecule has 0 aliphatic rings. The molecule has 0 fully saturated rings. The van der Waals surface area contributed by atoms with Crippen LogP contribution in [0.5, 0.6) is 0 Å². The number of hydrogen-bond acceptors (Lipinski definition) is 2. The smallest absolute Gasteiger partial charge is 0.390 e. The maximum absolute atomic E-state index is 12.6. The Bertz CT molecular complexity index is 382. The van der Waals surface area contributed by atoms with Crippen molar-refractivity contribution < 1.29 is 27.1 Å². The van der Waals surface area contributed by atoms with Crippen LogP contribution in [0.3, 0.4) is 0 Å². The number of hydrogen-bond donors (Lipinski definition) is 1. The summed E-state index contributed by atoms with van der Waals surface area (Å²) in [5.41, 5.74) is -2.83. The van der Waals surface area contributed by atoms with Crippen molar-refractivity contribution >= 4 is 15.9 Å². The van der Waals surface area contributed by atoms with Gasteiger partial charge in [0.15, 0.2) is 0 Å². The first-order valence-corrected chi connectivity index (χ1v) is 5.48. The molecule has 0 saturated carbocycles. The standard InChI is InChI=1S/C9H7BrF5NO/c10-2-4-1-6(9(13,14)15)16-5(3-17)7(4)8(11)12/h1,8,17H,2-3H2. The van der Waals surface area contributed by atoms with Gasteiger partial charge in [-0.05, 0) is 11.6 Å². The van der Waals surface area contributed by atoms with E-state index >= 15 is 0 Å². The Kier molecular flexibility index (Phi) is 4.42. The van der Waals surface area contributed by atoms with E-state index < -0.39 is 36.2 Å². The minimum absolute atomic E-state index is 0.175. The maximum atomic E-state index is 12.6. The third-order valence-electron chi connectivity index (χ3n) is 2.03. The summed E-state index contributed by atoms with van der Waals surface area (Å²) in [5.74, 6) is 0. The molecule has 0 bridgehead atoms. The number of rotatable bonds is 3. The van der Waals surface area contributed by atoms with Crippen molar-refractivity contribution in [3.05, 3.63) is 28.6 Å². The second-order valence-corrected chi connectivity index (χ2v) is 3.68. The molecular weight excluding hydrogens is 313 g/mol. The van der Waals surface area contributed by atoms with Crippen LogP contribution in [0.15, 0.2) is 6.07 Å². The van der Waals surface area contributed by atoms with E-state index in [0.29, 0.717) is 6.07 Å². The molecule has 0 unspecified atom stereocenters. The summed E-state index contributed by atoms with van der Waals surface area (Å²) in [6.07, 6.45) is -7.72. The Labute approximate surface area is 102 Å². The number of nitrogens with zero attached hydrogens (tertiary/aromatic N) is 1. The van der Waals surface area contributed by atoms with Crippen LogP contribution in [0.4, 0.5) is 22.0 Å². The molecule has 1 rings (SSSR count). The zero-order valence-corrected chi connectivity index (χ0v) is 9.82. The van der Waals surface area contributed by atoms with Crippen LogP contribution in [0, 0.1) is 0 Å². The molecule has 17 heavy (non-hydrogen) atoms. The Morgan fingerprint density at radius 3 is 2.29 bits per heavy atom. The van der Waals surface area contributed by atoms with Gasteiger partial charge in [-0.15, -0.1) is 0 Å². The average Bonchev–Trinajstić information content (AvgIpc) is 2.25. The number of aliphatic hydroxyl groups is 1. The monoisotopic (exact) mass is 319 g/mol. The number of halogens is 6. The first-order valence-electron chi connectivity index (χ1n) is 4.36. The van der Waals surface area contributed by atoms with E-state index in [9.17, 15) is 22.0 Å². The highest BCUT2D eigenvalue weighted by Crippen LogP contribution is 2.34. The molecule has 96 valence electrons. The molecule has 1 aromatic heterocycles. The summed E-state index contributed by atoms with van der Waals surface area (Å²) in [4.78, 5) is 3.02. The third-order valence-corrected chi connectivity index (χ3v) is 2.63. The Morgan fingerprint density at radius 2 is 1.94 bits per heavy atom. The van der Waals surface area contributed by atoms with Crippen LogP contribution in [0.2, 0.25) is 0 Å². The summed E-state index contributed by atoms with van der Waals surface area (Å²) in [6, 6.07) is 0.551. The molecule has 1 aromatic rings. The highest BCUT2D eigenvalue weighted by Gasteiger charge is 2.34. The van der Waals surface area contributed by atoms with Crippen LogP contribution in [-0.4, -0.2) is 10.1 Å². The van der Waals surface area contributed by atoms with Crippen LogP contribution in [0.25, 0.3) is 0 Å². The average molecular weight is 320 g/mol. The van der Waals surface area contributed by atoms with Gasteiger partial charge in [-0.25, -0.2) is 13.8 Å². The first-order chi connectivity index (χ1) is 7.81. The molecule has 0 aliphatic heterocycles. The summed E-state index contributed by atoms with van der Waals surface area (Å²) >= 11 is 2.83. The summed E-state index contributed by atoms with van der Waals surface area (Å²) < 4.78 is 62.5. The van der Waals surface area contributed by atoms with Crippen LogP contribution < -0.4 is 0 Å². The molecule has 8 heteroatoms. The molecular formula is C9H7BrF5NO. The van der Waals surface area contributed by atoms with Gasteiger partial charge in [0.25, 0.3) is 6.43 Å². The molecule has 0 aromatic carbocycles. The van der Waals surface area contributed by atoms with Gasteiger partial charge in [0.05, 0.1) is 12.3 Å². The van der Waals surface area contributed by atoms with Crippen molar-refractivity contribution in [3.63, 3.8) is 0 Å². The van der Waals surface area contributed by atoms with Crippen molar-refractivity contribution in [1.29, 1.82) is 0 Å². The zero-order chi connectivity index (χ0) is 13.2. The molecule has 1 N–H and O–H groups in total. The summed E-state index contributed by atoms with van der Waals surface area (Å²) in [6.45, 7) is -0.969. The van der Waals surface area contributed by atoms with E-state index in [-0.39, 0.29) is 10.9 Å². The second-order valence-electron chi connectivity index (χ2n) is 3.12. The molecule has 2 nitrogen and oxygen atoms in total. The Balaban J connectivity index is 3.45. The minimum Gasteiger partial charge on any atom is -0.390 e. The number of aliphatic hydroxyl groups excluding tert-OH is 1. The van der Waals surface area contributed by atoms with E-state index in [0.717, 1.165) is 0 Å². The lowest BCUT2D eigenvalue weighted by Gasteiger charge is -2.14. The number of pyridine rings is 1. The van der Waals surface area contributed by atoms with E-state index in [4.69, 9.17) is 5.11 Å². The summed E-state index contributed by atoms with van der Waals surface area (Å²) in [5, 5.41) is 8.62. The predicted octanol–water partition coefficient (Wildman–Crippen LogP) is 3.43. The third kappa shape index (κ3) is 3.12. The van der Waals surface area contributed by atoms with Crippen molar-refractivity contribution in [2.75, 3.05) is 0 Å². The Hall–Kier alpha value is -0.760. The van der Waals surface area contributed by atoms with Gasteiger partial charge in [-0.3, -0.25) is 0 Å². The largest absolute Gasteiger partial charge is 0.433 e. The molecule has 0 amide bonds. The highest BCUT2D eigenvalue weighted by molar-refractivity contribution is 9.08.